The number of benzene rings is 1. The quantitative estimate of drug-likeness (QED) is 0.715. The van der Waals surface area contributed by atoms with Crippen molar-refractivity contribution in [2.24, 2.45) is 11.8 Å². The van der Waals surface area contributed by atoms with E-state index in [2.05, 4.69) is 26.0 Å². The number of hydrogen-bond acceptors (Lipinski definition) is 1. The Bertz CT molecular complexity index is 387. The molecule has 78 valence electrons. The summed E-state index contributed by atoms with van der Waals surface area (Å²) in [6.45, 7) is 4.23. The highest BCUT2D eigenvalue weighted by Gasteiger charge is 2.28. The molecule has 1 nitrogen and oxygen atoms in total. The van der Waals surface area contributed by atoms with Crippen molar-refractivity contribution in [2.45, 2.75) is 20.3 Å². The standard InChI is InChI=1S/C14H16O/c1-10(2)13-8-12(9-14(13)15)11-6-4-3-5-7-11/h3-7,9-10,13H,8H2,1-2H3. The summed E-state index contributed by atoms with van der Waals surface area (Å²) in [7, 11) is 0. The van der Waals surface area contributed by atoms with Gasteiger partial charge in [-0.1, -0.05) is 44.2 Å². The van der Waals surface area contributed by atoms with Gasteiger partial charge < -0.3 is 0 Å². The van der Waals surface area contributed by atoms with Crippen molar-refractivity contribution in [2.75, 3.05) is 0 Å². The lowest BCUT2D eigenvalue weighted by Crippen LogP contribution is -2.13. The van der Waals surface area contributed by atoms with Crippen LogP contribution in [0.4, 0.5) is 0 Å². The molecule has 1 heteroatoms. The molecule has 0 saturated carbocycles. The molecule has 1 atom stereocenters. The summed E-state index contributed by atoms with van der Waals surface area (Å²) in [5, 5.41) is 0. The van der Waals surface area contributed by atoms with E-state index in [0.717, 1.165) is 6.42 Å². The number of carbonyl (C=O) groups is 1. The Labute approximate surface area is 90.8 Å². The van der Waals surface area contributed by atoms with Crippen molar-refractivity contribution in [1.29, 1.82) is 0 Å². The maximum Gasteiger partial charge on any atom is 0.159 e. The second kappa shape index (κ2) is 4.01. The van der Waals surface area contributed by atoms with Crippen LogP contribution in [-0.4, -0.2) is 5.78 Å². The van der Waals surface area contributed by atoms with Crippen molar-refractivity contribution >= 4 is 11.4 Å². The Hall–Kier alpha value is -1.37. The summed E-state index contributed by atoms with van der Waals surface area (Å²) >= 11 is 0. The van der Waals surface area contributed by atoms with E-state index >= 15 is 0 Å². The van der Waals surface area contributed by atoms with E-state index in [1.165, 1.54) is 11.1 Å². The van der Waals surface area contributed by atoms with Gasteiger partial charge in [-0.3, -0.25) is 4.79 Å². The minimum Gasteiger partial charge on any atom is -0.295 e. The average molecular weight is 200 g/mol. The Morgan fingerprint density at radius 1 is 1.20 bits per heavy atom. The molecule has 0 amide bonds. The molecule has 0 bridgehead atoms. The maximum atomic E-state index is 11.7. The molecule has 0 heterocycles. The topological polar surface area (TPSA) is 17.1 Å². The maximum absolute atomic E-state index is 11.7. The van der Waals surface area contributed by atoms with Crippen LogP contribution in [0.15, 0.2) is 36.4 Å². The van der Waals surface area contributed by atoms with Crippen LogP contribution < -0.4 is 0 Å². The Morgan fingerprint density at radius 2 is 1.87 bits per heavy atom. The fourth-order valence-corrected chi connectivity index (χ4v) is 2.09. The lowest BCUT2D eigenvalue weighted by Gasteiger charge is -2.12. The number of ketones is 1. The third kappa shape index (κ3) is 2.01. The van der Waals surface area contributed by atoms with Crippen molar-refractivity contribution in [3.8, 4) is 0 Å². The van der Waals surface area contributed by atoms with Gasteiger partial charge in [-0.15, -0.1) is 0 Å². The summed E-state index contributed by atoms with van der Waals surface area (Å²) in [5.74, 6) is 0.930. The van der Waals surface area contributed by atoms with E-state index in [9.17, 15) is 4.79 Å². The fraction of sp³-hybridized carbons (Fsp3) is 0.357. The van der Waals surface area contributed by atoms with Crippen molar-refractivity contribution in [1.82, 2.24) is 0 Å². The van der Waals surface area contributed by atoms with Crippen LogP contribution in [0.1, 0.15) is 25.8 Å². The van der Waals surface area contributed by atoms with Crippen LogP contribution in [0.3, 0.4) is 0 Å². The molecule has 1 unspecified atom stereocenters. The molecule has 0 N–H and O–H groups in total. The van der Waals surface area contributed by atoms with Gasteiger partial charge in [-0.25, -0.2) is 0 Å². The third-order valence-corrected chi connectivity index (χ3v) is 3.07. The highest BCUT2D eigenvalue weighted by Crippen LogP contribution is 2.33. The normalized spacial score (nSPS) is 20.9. The van der Waals surface area contributed by atoms with Gasteiger partial charge in [-0.05, 0) is 29.6 Å². The molecule has 0 aliphatic heterocycles. The van der Waals surface area contributed by atoms with Gasteiger partial charge in [-0.2, -0.15) is 0 Å². The fourth-order valence-electron chi connectivity index (χ4n) is 2.09. The minimum atomic E-state index is 0.195. The van der Waals surface area contributed by atoms with E-state index in [0.29, 0.717) is 11.7 Å². The zero-order chi connectivity index (χ0) is 10.8. The molecule has 0 fully saturated rings. The molecule has 1 aromatic rings. The zero-order valence-corrected chi connectivity index (χ0v) is 9.23. The lowest BCUT2D eigenvalue weighted by molar-refractivity contribution is -0.118. The van der Waals surface area contributed by atoms with E-state index in [1.54, 1.807) is 0 Å². The second-order valence-corrected chi connectivity index (χ2v) is 4.49. The number of carbonyl (C=O) groups excluding carboxylic acids is 1. The van der Waals surface area contributed by atoms with Crippen molar-refractivity contribution < 1.29 is 4.79 Å². The first-order valence-corrected chi connectivity index (χ1v) is 5.48. The number of hydrogen-bond donors (Lipinski definition) is 0. The summed E-state index contributed by atoms with van der Waals surface area (Å²) in [4.78, 5) is 11.7. The number of allylic oxidation sites excluding steroid dienone is 2. The molecular weight excluding hydrogens is 184 g/mol. The van der Waals surface area contributed by atoms with Gasteiger partial charge >= 0.3 is 0 Å². The highest BCUT2D eigenvalue weighted by molar-refractivity contribution is 6.03. The smallest absolute Gasteiger partial charge is 0.159 e. The van der Waals surface area contributed by atoms with Gasteiger partial charge in [0.05, 0.1) is 0 Å². The lowest BCUT2D eigenvalue weighted by atomic mass is 9.91. The summed E-state index contributed by atoms with van der Waals surface area (Å²) < 4.78 is 0. The largest absolute Gasteiger partial charge is 0.295 e. The SMILES string of the molecule is CC(C)C1CC(c2ccccc2)=CC1=O. The van der Waals surface area contributed by atoms with Crippen LogP contribution in [0, 0.1) is 11.8 Å². The molecule has 15 heavy (non-hydrogen) atoms. The Kier molecular flexibility index (Phi) is 2.72. The monoisotopic (exact) mass is 200 g/mol. The summed E-state index contributed by atoms with van der Waals surface area (Å²) in [6, 6.07) is 10.2. The molecule has 0 spiro atoms. The molecule has 0 radical (unpaired) electrons. The van der Waals surface area contributed by atoms with E-state index in [-0.39, 0.29) is 5.92 Å². The average Bonchev–Trinajstić information content (AvgIpc) is 2.62. The molecule has 0 saturated heterocycles. The zero-order valence-electron chi connectivity index (χ0n) is 9.23. The van der Waals surface area contributed by atoms with Crippen LogP contribution in [0.2, 0.25) is 0 Å². The Balaban J connectivity index is 2.22. The Morgan fingerprint density at radius 3 is 2.40 bits per heavy atom. The van der Waals surface area contributed by atoms with Crippen molar-refractivity contribution in [3.63, 3.8) is 0 Å². The van der Waals surface area contributed by atoms with E-state index in [1.807, 2.05) is 24.3 Å². The number of rotatable bonds is 2. The van der Waals surface area contributed by atoms with Crippen LogP contribution in [0.5, 0.6) is 0 Å². The highest BCUT2D eigenvalue weighted by atomic mass is 16.1. The molecule has 0 aromatic heterocycles. The van der Waals surface area contributed by atoms with Crippen LogP contribution >= 0.6 is 0 Å². The molecule has 2 rings (SSSR count). The molecule has 1 aliphatic carbocycles. The predicted octanol–water partition coefficient (Wildman–Crippen LogP) is 3.32. The second-order valence-electron chi connectivity index (χ2n) is 4.49. The van der Waals surface area contributed by atoms with Gasteiger partial charge in [0.1, 0.15) is 0 Å². The van der Waals surface area contributed by atoms with Gasteiger partial charge in [0, 0.05) is 5.92 Å². The molecule has 1 aromatic carbocycles. The molecule has 1 aliphatic rings. The van der Waals surface area contributed by atoms with Gasteiger partial charge in [0.25, 0.3) is 0 Å². The predicted molar refractivity (Wildman–Crippen MR) is 62.4 cm³/mol. The first-order chi connectivity index (χ1) is 7.18. The first kappa shape index (κ1) is 10.2. The van der Waals surface area contributed by atoms with Gasteiger partial charge in [0.2, 0.25) is 0 Å². The van der Waals surface area contributed by atoms with Crippen molar-refractivity contribution in [3.05, 3.63) is 42.0 Å². The van der Waals surface area contributed by atoms with E-state index < -0.39 is 0 Å². The molecular formula is C14H16O. The van der Waals surface area contributed by atoms with Crippen LogP contribution in [0.25, 0.3) is 5.57 Å². The van der Waals surface area contributed by atoms with E-state index in [4.69, 9.17) is 0 Å². The summed E-state index contributed by atoms with van der Waals surface area (Å²) in [6.07, 6.45) is 2.72. The first-order valence-electron chi connectivity index (χ1n) is 5.48. The summed E-state index contributed by atoms with van der Waals surface area (Å²) in [5.41, 5.74) is 2.38. The third-order valence-electron chi connectivity index (χ3n) is 3.07. The van der Waals surface area contributed by atoms with Crippen LogP contribution in [-0.2, 0) is 4.79 Å². The minimum absolute atomic E-state index is 0.195. The van der Waals surface area contributed by atoms with Gasteiger partial charge in [0.15, 0.2) is 5.78 Å².